The number of para-hydroxylation sites is 1. The van der Waals surface area contributed by atoms with Gasteiger partial charge < -0.3 is 14.1 Å². The first-order valence-electron chi connectivity index (χ1n) is 8.14. The van der Waals surface area contributed by atoms with E-state index in [9.17, 15) is 4.79 Å². The number of carbonyl (C=O) groups is 1. The molecule has 7 heteroatoms. The highest BCUT2D eigenvalue weighted by molar-refractivity contribution is 6.32. The van der Waals surface area contributed by atoms with Gasteiger partial charge in [-0.25, -0.2) is 0 Å². The summed E-state index contributed by atoms with van der Waals surface area (Å²) in [5.74, 6) is 1.20. The summed E-state index contributed by atoms with van der Waals surface area (Å²) in [5, 5.41) is 4.72. The lowest BCUT2D eigenvalue weighted by Crippen LogP contribution is -2.26. The van der Waals surface area contributed by atoms with Gasteiger partial charge in [-0.2, -0.15) is 5.10 Å². The maximum absolute atomic E-state index is 12.6. The predicted molar refractivity (Wildman–Crippen MR) is 98.2 cm³/mol. The van der Waals surface area contributed by atoms with Crippen LogP contribution in [0.5, 0.6) is 5.75 Å². The van der Waals surface area contributed by atoms with Crippen LogP contribution in [0.15, 0.2) is 47.0 Å². The molecule has 0 N–H and O–H groups in total. The van der Waals surface area contributed by atoms with E-state index < -0.39 is 0 Å². The van der Waals surface area contributed by atoms with Gasteiger partial charge in [0.05, 0.1) is 11.2 Å². The van der Waals surface area contributed by atoms with Crippen LogP contribution in [-0.4, -0.2) is 27.6 Å². The summed E-state index contributed by atoms with van der Waals surface area (Å²) in [6, 6.07) is 10.6. The van der Waals surface area contributed by atoms with Crippen LogP contribution in [-0.2, 0) is 20.2 Å². The Hall–Kier alpha value is -2.73. The minimum atomic E-state index is -0.197. The molecule has 3 rings (SSSR count). The lowest BCUT2D eigenvalue weighted by molar-refractivity contribution is 0.0749. The fourth-order valence-corrected chi connectivity index (χ4v) is 2.69. The fourth-order valence-electron chi connectivity index (χ4n) is 2.50. The molecular formula is C19H20ClN3O3. The Morgan fingerprint density at radius 2 is 2.08 bits per heavy atom. The zero-order valence-corrected chi connectivity index (χ0v) is 15.7. The Balaban J connectivity index is 1.62. The monoisotopic (exact) mass is 373 g/mol. The van der Waals surface area contributed by atoms with Gasteiger partial charge in [0.2, 0.25) is 0 Å². The van der Waals surface area contributed by atoms with E-state index in [1.807, 2.05) is 26.1 Å². The van der Waals surface area contributed by atoms with Crippen LogP contribution in [0.1, 0.15) is 27.6 Å². The number of carbonyl (C=O) groups excluding carboxylic acids is 1. The van der Waals surface area contributed by atoms with Gasteiger partial charge in [0.1, 0.15) is 18.1 Å². The predicted octanol–water partition coefficient (Wildman–Crippen LogP) is 3.83. The lowest BCUT2D eigenvalue weighted by Gasteiger charge is -2.15. The van der Waals surface area contributed by atoms with Crippen molar-refractivity contribution < 1.29 is 13.9 Å². The molecule has 3 aromatic rings. The average Bonchev–Trinajstić information content (AvgIpc) is 3.22. The Morgan fingerprint density at radius 3 is 2.77 bits per heavy atom. The Bertz CT molecular complexity index is 916. The second-order valence-electron chi connectivity index (χ2n) is 6.03. The highest BCUT2D eigenvalue weighted by Gasteiger charge is 2.18. The van der Waals surface area contributed by atoms with Crippen LogP contribution < -0.4 is 4.74 Å². The fraction of sp³-hybridized carbons (Fsp3) is 0.263. The molecule has 1 amide bonds. The van der Waals surface area contributed by atoms with Crippen LogP contribution >= 0.6 is 11.6 Å². The van der Waals surface area contributed by atoms with E-state index >= 15 is 0 Å². The highest BCUT2D eigenvalue weighted by Crippen LogP contribution is 2.24. The number of aromatic nitrogens is 2. The van der Waals surface area contributed by atoms with Crippen molar-refractivity contribution in [3.8, 4) is 5.75 Å². The van der Waals surface area contributed by atoms with E-state index in [-0.39, 0.29) is 18.3 Å². The van der Waals surface area contributed by atoms with E-state index in [0.29, 0.717) is 23.1 Å². The van der Waals surface area contributed by atoms with Crippen molar-refractivity contribution in [1.29, 1.82) is 0 Å². The number of hydrogen-bond donors (Lipinski definition) is 0. The molecule has 0 fully saturated rings. The minimum Gasteiger partial charge on any atom is -0.484 e. The number of ether oxygens (including phenoxy) is 1. The Labute approximate surface area is 156 Å². The Kier molecular flexibility index (Phi) is 5.32. The van der Waals surface area contributed by atoms with Crippen LogP contribution in [0.3, 0.4) is 0 Å². The van der Waals surface area contributed by atoms with E-state index in [1.54, 1.807) is 47.1 Å². The number of benzene rings is 1. The van der Waals surface area contributed by atoms with Gasteiger partial charge in [-0.1, -0.05) is 23.7 Å². The van der Waals surface area contributed by atoms with Crippen molar-refractivity contribution in [2.75, 3.05) is 7.05 Å². The molecule has 2 heterocycles. The standard InChI is InChI=1S/C19H20ClN3O3/c1-13-14(10-21-23(13)3)11-22(2)19(24)18-9-8-15(26-18)12-25-17-7-5-4-6-16(17)20/h4-10H,11-12H2,1-3H3. The smallest absolute Gasteiger partial charge is 0.289 e. The van der Waals surface area contributed by atoms with Crippen molar-refractivity contribution in [3.63, 3.8) is 0 Å². The van der Waals surface area contributed by atoms with Crippen molar-refractivity contribution in [2.45, 2.75) is 20.1 Å². The SMILES string of the molecule is Cc1c(CN(C)C(=O)c2ccc(COc3ccccc3Cl)o2)cnn1C. The van der Waals surface area contributed by atoms with Gasteiger partial charge in [-0.15, -0.1) is 0 Å². The van der Waals surface area contributed by atoms with E-state index in [1.165, 1.54) is 0 Å². The third kappa shape index (κ3) is 3.91. The van der Waals surface area contributed by atoms with Gasteiger partial charge in [-0.05, 0) is 31.2 Å². The second kappa shape index (κ2) is 7.66. The van der Waals surface area contributed by atoms with Crippen molar-refractivity contribution in [1.82, 2.24) is 14.7 Å². The summed E-state index contributed by atoms with van der Waals surface area (Å²) in [6.07, 6.45) is 1.77. The molecule has 0 aliphatic rings. The van der Waals surface area contributed by atoms with E-state index in [0.717, 1.165) is 11.3 Å². The molecule has 0 bridgehead atoms. The van der Waals surface area contributed by atoms with Crippen LogP contribution in [0.25, 0.3) is 0 Å². The first-order valence-corrected chi connectivity index (χ1v) is 8.52. The third-order valence-corrected chi connectivity index (χ3v) is 4.48. The number of nitrogens with zero attached hydrogens (tertiary/aromatic N) is 3. The molecule has 0 aliphatic carbocycles. The largest absolute Gasteiger partial charge is 0.484 e. The quantitative estimate of drug-likeness (QED) is 0.659. The highest BCUT2D eigenvalue weighted by atomic mass is 35.5. The summed E-state index contributed by atoms with van der Waals surface area (Å²) in [6.45, 7) is 2.63. The second-order valence-corrected chi connectivity index (χ2v) is 6.43. The minimum absolute atomic E-state index is 0.197. The summed E-state index contributed by atoms with van der Waals surface area (Å²) < 4.78 is 13.0. The van der Waals surface area contributed by atoms with Crippen LogP contribution in [0.4, 0.5) is 0 Å². The maximum Gasteiger partial charge on any atom is 0.289 e. The summed E-state index contributed by atoms with van der Waals surface area (Å²) in [5.41, 5.74) is 2.02. The maximum atomic E-state index is 12.6. The van der Waals surface area contributed by atoms with Crippen LogP contribution in [0.2, 0.25) is 5.02 Å². The number of hydrogen-bond acceptors (Lipinski definition) is 4. The third-order valence-electron chi connectivity index (χ3n) is 4.17. The number of aryl methyl sites for hydroxylation is 1. The van der Waals surface area contributed by atoms with E-state index in [2.05, 4.69) is 5.10 Å². The lowest BCUT2D eigenvalue weighted by atomic mass is 10.2. The summed E-state index contributed by atoms with van der Waals surface area (Å²) in [7, 11) is 3.61. The normalized spacial score (nSPS) is 10.8. The topological polar surface area (TPSA) is 60.5 Å². The van der Waals surface area contributed by atoms with Gasteiger partial charge in [0.25, 0.3) is 5.91 Å². The number of furan rings is 1. The summed E-state index contributed by atoms with van der Waals surface area (Å²) >= 11 is 6.06. The number of halogens is 1. The van der Waals surface area contributed by atoms with Gasteiger partial charge >= 0.3 is 0 Å². The van der Waals surface area contributed by atoms with Crippen molar-refractivity contribution in [3.05, 3.63) is 70.4 Å². The molecule has 0 spiro atoms. The molecule has 0 aliphatic heterocycles. The van der Waals surface area contributed by atoms with Crippen molar-refractivity contribution >= 4 is 17.5 Å². The molecule has 136 valence electrons. The molecule has 26 heavy (non-hydrogen) atoms. The van der Waals surface area contributed by atoms with E-state index in [4.69, 9.17) is 20.8 Å². The van der Waals surface area contributed by atoms with Crippen LogP contribution in [0, 0.1) is 6.92 Å². The number of amides is 1. The molecule has 2 aromatic heterocycles. The molecule has 0 unspecified atom stereocenters. The van der Waals surface area contributed by atoms with Crippen molar-refractivity contribution in [2.24, 2.45) is 7.05 Å². The molecule has 0 atom stereocenters. The molecule has 0 saturated carbocycles. The molecular weight excluding hydrogens is 354 g/mol. The zero-order chi connectivity index (χ0) is 18.7. The molecule has 6 nitrogen and oxygen atoms in total. The first-order chi connectivity index (χ1) is 12.5. The zero-order valence-electron chi connectivity index (χ0n) is 14.9. The van der Waals surface area contributed by atoms with Gasteiger partial charge in [0.15, 0.2) is 5.76 Å². The molecule has 1 aromatic carbocycles. The Morgan fingerprint density at radius 1 is 1.31 bits per heavy atom. The van der Waals surface area contributed by atoms with Gasteiger partial charge in [-0.3, -0.25) is 9.48 Å². The molecule has 0 radical (unpaired) electrons. The summed E-state index contributed by atoms with van der Waals surface area (Å²) in [4.78, 5) is 14.2. The first kappa shape index (κ1) is 18.1. The van der Waals surface area contributed by atoms with Gasteiger partial charge in [0, 0.05) is 31.9 Å². The average molecular weight is 374 g/mol. The molecule has 0 saturated heterocycles. The number of rotatable bonds is 6.